The van der Waals surface area contributed by atoms with Gasteiger partial charge in [-0.05, 0) is 67.9 Å². The molecule has 0 fully saturated rings. The fraction of sp³-hybridized carbons (Fsp3) is 0.333. The summed E-state index contributed by atoms with van der Waals surface area (Å²) in [7, 11) is 0. The molecule has 2 aromatic carbocycles. The molecule has 2 heteroatoms. The van der Waals surface area contributed by atoms with Gasteiger partial charge in [0.2, 0.25) is 0 Å². The van der Waals surface area contributed by atoms with Crippen LogP contribution < -0.4 is 0 Å². The zero-order valence-electron chi connectivity index (χ0n) is 16.4. The minimum absolute atomic E-state index is 0.179. The van der Waals surface area contributed by atoms with Crippen molar-refractivity contribution in [2.45, 2.75) is 52.4 Å². The average Bonchev–Trinajstić information content (AvgIpc) is 3.16. The molecule has 0 atom stereocenters. The molecular weight excluding hydrogens is 352 g/mol. The van der Waals surface area contributed by atoms with Crippen molar-refractivity contribution in [1.82, 2.24) is 0 Å². The molecule has 0 aliphatic carbocycles. The summed E-state index contributed by atoms with van der Waals surface area (Å²) in [6.45, 7) is 13.7. The quantitative estimate of drug-likeness (QED) is 0.312. The van der Waals surface area contributed by atoms with Gasteiger partial charge < -0.3 is 0 Å². The summed E-state index contributed by atoms with van der Waals surface area (Å²) in [5.74, 6) is 0. The van der Waals surface area contributed by atoms with E-state index >= 15 is 0 Å². The molecule has 0 radical (unpaired) electrons. The largest absolute Gasteiger partial charge is 0.144 e. The fourth-order valence-electron chi connectivity index (χ4n) is 3.40. The van der Waals surface area contributed by atoms with Crippen LogP contribution in [-0.4, -0.2) is 0 Å². The van der Waals surface area contributed by atoms with Gasteiger partial charge in [-0.3, -0.25) is 0 Å². The summed E-state index contributed by atoms with van der Waals surface area (Å²) in [5, 5.41) is 5.09. The minimum atomic E-state index is 0.179. The van der Waals surface area contributed by atoms with Gasteiger partial charge in [0.15, 0.2) is 0 Å². The molecule has 2 aromatic heterocycles. The van der Waals surface area contributed by atoms with E-state index in [2.05, 4.69) is 89.4 Å². The van der Waals surface area contributed by atoms with Crippen molar-refractivity contribution >= 4 is 42.8 Å². The Bertz CT molecular complexity index is 1090. The first-order valence-electron chi connectivity index (χ1n) is 9.19. The number of fused-ring (bicyclic) bond motifs is 2. The lowest BCUT2D eigenvalue weighted by atomic mass is 9.86. The summed E-state index contributed by atoms with van der Waals surface area (Å²) in [5.41, 5.74) is 4.56. The van der Waals surface area contributed by atoms with Crippen LogP contribution in [0.2, 0.25) is 0 Å². The summed E-state index contributed by atoms with van der Waals surface area (Å²) in [6.07, 6.45) is 0. The van der Waals surface area contributed by atoms with Crippen LogP contribution in [0.4, 0.5) is 0 Å². The van der Waals surface area contributed by atoms with Gasteiger partial charge in [-0.15, -0.1) is 22.7 Å². The van der Waals surface area contributed by atoms with Gasteiger partial charge in [-0.25, -0.2) is 0 Å². The molecule has 0 unspecified atom stereocenters. The van der Waals surface area contributed by atoms with Crippen LogP contribution >= 0.6 is 22.7 Å². The molecule has 0 bridgehead atoms. The predicted octanol–water partition coefficient (Wildman–Crippen LogP) is 8.38. The molecule has 0 saturated heterocycles. The number of benzene rings is 2. The van der Waals surface area contributed by atoms with E-state index in [-0.39, 0.29) is 10.8 Å². The normalized spacial score (nSPS) is 13.0. The Hall–Kier alpha value is -1.64. The molecule has 0 amide bonds. The molecule has 26 heavy (non-hydrogen) atoms. The van der Waals surface area contributed by atoms with Crippen molar-refractivity contribution in [2.24, 2.45) is 0 Å². The number of thiophene rings is 2. The molecule has 4 aromatic rings. The van der Waals surface area contributed by atoms with E-state index in [0.717, 1.165) is 0 Å². The van der Waals surface area contributed by atoms with Gasteiger partial charge in [-0.2, -0.15) is 0 Å². The maximum Gasteiger partial charge on any atom is 0.0355 e. The second kappa shape index (κ2) is 5.94. The van der Waals surface area contributed by atoms with Crippen LogP contribution in [0.5, 0.6) is 0 Å². The molecule has 0 aliphatic rings. The van der Waals surface area contributed by atoms with E-state index in [1.165, 1.54) is 41.7 Å². The van der Waals surface area contributed by atoms with Gasteiger partial charge in [0.05, 0.1) is 0 Å². The summed E-state index contributed by atoms with van der Waals surface area (Å²) < 4.78 is 2.77. The first-order valence-corrected chi connectivity index (χ1v) is 10.9. The zero-order chi connectivity index (χ0) is 18.7. The summed E-state index contributed by atoms with van der Waals surface area (Å²) >= 11 is 3.77. The van der Waals surface area contributed by atoms with Crippen molar-refractivity contribution < 1.29 is 0 Å². The maximum atomic E-state index is 2.39. The highest BCUT2D eigenvalue weighted by atomic mass is 32.1. The van der Waals surface area contributed by atoms with Gasteiger partial charge >= 0.3 is 0 Å². The van der Waals surface area contributed by atoms with Crippen LogP contribution in [0, 0.1) is 0 Å². The van der Waals surface area contributed by atoms with Crippen LogP contribution in [-0.2, 0) is 10.8 Å². The molecule has 0 nitrogen and oxygen atoms in total. The van der Waals surface area contributed by atoms with E-state index in [4.69, 9.17) is 0 Å². The van der Waals surface area contributed by atoms with E-state index in [1.807, 2.05) is 22.7 Å². The predicted molar refractivity (Wildman–Crippen MR) is 120 cm³/mol. The van der Waals surface area contributed by atoms with Crippen LogP contribution in [0.15, 0.2) is 47.8 Å². The summed E-state index contributed by atoms with van der Waals surface area (Å²) in [6, 6.07) is 16.2. The second-order valence-corrected chi connectivity index (χ2v) is 11.2. The molecule has 134 valence electrons. The Morgan fingerprint density at radius 3 is 2.19 bits per heavy atom. The van der Waals surface area contributed by atoms with Gasteiger partial charge in [-0.1, -0.05) is 59.7 Å². The van der Waals surface area contributed by atoms with Crippen molar-refractivity contribution in [2.75, 3.05) is 0 Å². The van der Waals surface area contributed by atoms with Gasteiger partial charge in [0.1, 0.15) is 0 Å². The van der Waals surface area contributed by atoms with Crippen molar-refractivity contribution in [1.29, 1.82) is 0 Å². The number of hydrogen-bond donors (Lipinski definition) is 0. The first kappa shape index (κ1) is 17.8. The van der Waals surface area contributed by atoms with Crippen LogP contribution in [0.1, 0.15) is 52.7 Å². The topological polar surface area (TPSA) is 0 Å². The number of rotatable bonds is 1. The maximum absolute atomic E-state index is 2.39. The molecule has 0 aliphatic heterocycles. The SMILES string of the molecule is CC(C)(C)c1ccc2cc(-c3ccc4scc(C(C)(C)C)c4c3)sc2c1. The molecule has 0 spiro atoms. The van der Waals surface area contributed by atoms with Crippen molar-refractivity contribution in [3.05, 3.63) is 59.0 Å². The highest BCUT2D eigenvalue weighted by Crippen LogP contribution is 2.40. The fourth-order valence-corrected chi connectivity index (χ4v) is 5.67. The average molecular weight is 379 g/mol. The monoisotopic (exact) mass is 378 g/mol. The Morgan fingerprint density at radius 2 is 1.50 bits per heavy atom. The van der Waals surface area contributed by atoms with Crippen molar-refractivity contribution in [3.63, 3.8) is 0 Å². The first-order chi connectivity index (χ1) is 12.1. The molecular formula is C24H26S2. The van der Waals surface area contributed by atoms with Crippen LogP contribution in [0.3, 0.4) is 0 Å². The Labute approximate surface area is 164 Å². The smallest absolute Gasteiger partial charge is 0.0355 e. The number of hydrogen-bond acceptors (Lipinski definition) is 2. The van der Waals surface area contributed by atoms with E-state index in [0.29, 0.717) is 0 Å². The third-order valence-electron chi connectivity index (χ3n) is 5.05. The summed E-state index contributed by atoms with van der Waals surface area (Å²) in [4.78, 5) is 1.36. The minimum Gasteiger partial charge on any atom is -0.144 e. The Morgan fingerprint density at radius 1 is 0.731 bits per heavy atom. The standard InChI is InChI=1S/C24H26S2/c1-23(2,3)17-9-7-16-12-21(26-22(16)13-17)15-8-10-20-18(11-15)19(14-25-20)24(4,5)6/h7-14H,1-6H3. The van der Waals surface area contributed by atoms with E-state index in [9.17, 15) is 0 Å². The third kappa shape index (κ3) is 3.10. The van der Waals surface area contributed by atoms with Gasteiger partial charge in [0.25, 0.3) is 0 Å². The molecule has 4 rings (SSSR count). The highest BCUT2D eigenvalue weighted by Gasteiger charge is 2.19. The zero-order valence-corrected chi connectivity index (χ0v) is 18.1. The van der Waals surface area contributed by atoms with Crippen LogP contribution in [0.25, 0.3) is 30.6 Å². The Kier molecular flexibility index (Phi) is 4.05. The molecule has 0 N–H and O–H groups in total. The lowest BCUT2D eigenvalue weighted by Gasteiger charge is -2.18. The third-order valence-corrected chi connectivity index (χ3v) is 7.16. The molecule has 2 heterocycles. The van der Waals surface area contributed by atoms with E-state index in [1.54, 1.807) is 0 Å². The lowest BCUT2D eigenvalue weighted by molar-refractivity contribution is 0.591. The van der Waals surface area contributed by atoms with E-state index < -0.39 is 0 Å². The van der Waals surface area contributed by atoms with Gasteiger partial charge in [0, 0.05) is 14.3 Å². The highest BCUT2D eigenvalue weighted by molar-refractivity contribution is 7.22. The molecule has 0 saturated carbocycles. The van der Waals surface area contributed by atoms with Crippen molar-refractivity contribution in [3.8, 4) is 10.4 Å². The second-order valence-electron chi connectivity index (χ2n) is 9.22. The lowest BCUT2D eigenvalue weighted by Crippen LogP contribution is -2.10. The Balaban J connectivity index is 1.84.